The van der Waals surface area contributed by atoms with E-state index in [1.807, 2.05) is 4.90 Å². The lowest BCUT2D eigenvalue weighted by Gasteiger charge is -2.18. The normalized spacial score (nSPS) is 18.0. The molecule has 0 aromatic rings. The Balaban J connectivity index is 2.28. The molecule has 4 heteroatoms. The van der Waals surface area contributed by atoms with Gasteiger partial charge < -0.3 is 9.64 Å². The molecule has 0 unspecified atom stereocenters. The van der Waals surface area contributed by atoms with E-state index in [-0.39, 0.29) is 18.0 Å². The average Bonchev–Trinajstić information content (AvgIpc) is 2.53. The van der Waals surface area contributed by atoms with E-state index in [1.165, 1.54) is 6.92 Å². The molecule has 0 radical (unpaired) electrons. The standard InChI is InChI=1S/C10H17NO3/c1-8(14-9(2)12)7-10(13)11-5-3-4-6-11/h8H,3-7H2,1-2H3/t8-/m1/s1. The Morgan fingerprint density at radius 1 is 1.36 bits per heavy atom. The van der Waals surface area contributed by atoms with Crippen molar-refractivity contribution in [3.05, 3.63) is 0 Å². The molecule has 0 aliphatic carbocycles. The van der Waals surface area contributed by atoms with E-state index in [0.717, 1.165) is 25.9 Å². The number of hydrogen-bond acceptors (Lipinski definition) is 3. The topological polar surface area (TPSA) is 46.6 Å². The molecule has 0 saturated carbocycles. The van der Waals surface area contributed by atoms with Crippen molar-refractivity contribution in [3.8, 4) is 0 Å². The number of carbonyl (C=O) groups excluding carboxylic acids is 2. The molecule has 1 aliphatic heterocycles. The summed E-state index contributed by atoms with van der Waals surface area (Å²) < 4.78 is 4.89. The average molecular weight is 199 g/mol. The molecular formula is C10H17NO3. The van der Waals surface area contributed by atoms with Crippen LogP contribution in [0.15, 0.2) is 0 Å². The highest BCUT2D eigenvalue weighted by atomic mass is 16.5. The van der Waals surface area contributed by atoms with Gasteiger partial charge in [0.25, 0.3) is 0 Å². The first-order valence-corrected chi connectivity index (χ1v) is 5.04. The van der Waals surface area contributed by atoms with Gasteiger partial charge in [0.05, 0.1) is 6.42 Å². The summed E-state index contributed by atoms with van der Waals surface area (Å²) in [5, 5.41) is 0. The third-order valence-corrected chi connectivity index (χ3v) is 2.29. The second-order valence-corrected chi connectivity index (χ2v) is 3.71. The van der Waals surface area contributed by atoms with E-state index >= 15 is 0 Å². The quantitative estimate of drug-likeness (QED) is 0.636. The Morgan fingerprint density at radius 2 is 1.93 bits per heavy atom. The number of esters is 1. The Bertz CT molecular complexity index is 221. The molecule has 0 N–H and O–H groups in total. The number of nitrogens with zero attached hydrogens (tertiary/aromatic N) is 1. The first kappa shape index (κ1) is 11.0. The van der Waals surface area contributed by atoms with E-state index in [9.17, 15) is 9.59 Å². The third-order valence-electron chi connectivity index (χ3n) is 2.29. The summed E-state index contributed by atoms with van der Waals surface area (Å²) in [6.07, 6.45) is 2.18. The fourth-order valence-corrected chi connectivity index (χ4v) is 1.67. The van der Waals surface area contributed by atoms with Crippen LogP contribution in [0.5, 0.6) is 0 Å². The molecule has 1 amide bonds. The van der Waals surface area contributed by atoms with Gasteiger partial charge in [-0.15, -0.1) is 0 Å². The van der Waals surface area contributed by atoms with Crippen molar-refractivity contribution in [3.63, 3.8) is 0 Å². The molecule has 0 spiro atoms. The van der Waals surface area contributed by atoms with Crippen molar-refractivity contribution in [2.45, 2.75) is 39.2 Å². The van der Waals surface area contributed by atoms with E-state index in [0.29, 0.717) is 6.42 Å². The zero-order valence-corrected chi connectivity index (χ0v) is 8.78. The minimum absolute atomic E-state index is 0.0938. The van der Waals surface area contributed by atoms with Gasteiger partial charge in [0.2, 0.25) is 5.91 Å². The highest BCUT2D eigenvalue weighted by Gasteiger charge is 2.20. The van der Waals surface area contributed by atoms with Crippen molar-refractivity contribution >= 4 is 11.9 Å². The molecule has 0 aromatic carbocycles. The summed E-state index contributed by atoms with van der Waals surface area (Å²) >= 11 is 0. The van der Waals surface area contributed by atoms with E-state index in [2.05, 4.69) is 0 Å². The monoisotopic (exact) mass is 199 g/mol. The largest absolute Gasteiger partial charge is 0.462 e. The van der Waals surface area contributed by atoms with Crippen LogP contribution in [0.3, 0.4) is 0 Å². The second-order valence-electron chi connectivity index (χ2n) is 3.71. The number of hydrogen-bond donors (Lipinski definition) is 0. The minimum Gasteiger partial charge on any atom is -0.462 e. The van der Waals surface area contributed by atoms with Crippen LogP contribution in [0.25, 0.3) is 0 Å². The third kappa shape index (κ3) is 3.36. The Morgan fingerprint density at radius 3 is 2.43 bits per heavy atom. The maximum Gasteiger partial charge on any atom is 0.302 e. The maximum absolute atomic E-state index is 11.6. The number of likely N-dealkylation sites (tertiary alicyclic amines) is 1. The fraction of sp³-hybridized carbons (Fsp3) is 0.800. The van der Waals surface area contributed by atoms with Gasteiger partial charge >= 0.3 is 5.97 Å². The van der Waals surface area contributed by atoms with E-state index in [4.69, 9.17) is 4.74 Å². The fourth-order valence-electron chi connectivity index (χ4n) is 1.67. The van der Waals surface area contributed by atoms with Crippen LogP contribution in [0.4, 0.5) is 0 Å². The number of carbonyl (C=O) groups is 2. The Kier molecular flexibility index (Phi) is 3.92. The summed E-state index contributed by atoms with van der Waals surface area (Å²) in [6, 6.07) is 0. The van der Waals surface area contributed by atoms with Gasteiger partial charge in [0.1, 0.15) is 6.10 Å². The van der Waals surface area contributed by atoms with Gasteiger partial charge in [-0.3, -0.25) is 9.59 Å². The lowest BCUT2D eigenvalue weighted by molar-refractivity contribution is -0.147. The molecular weight excluding hydrogens is 182 g/mol. The second kappa shape index (κ2) is 4.98. The minimum atomic E-state index is -0.327. The van der Waals surface area contributed by atoms with Gasteiger partial charge in [0.15, 0.2) is 0 Å². The van der Waals surface area contributed by atoms with Crippen LogP contribution in [-0.2, 0) is 14.3 Å². The Hall–Kier alpha value is -1.06. The van der Waals surface area contributed by atoms with Crippen LogP contribution >= 0.6 is 0 Å². The SMILES string of the molecule is CC(=O)O[C@H](C)CC(=O)N1CCCC1. The zero-order valence-electron chi connectivity index (χ0n) is 8.78. The van der Waals surface area contributed by atoms with E-state index < -0.39 is 0 Å². The molecule has 1 aliphatic rings. The number of amides is 1. The highest BCUT2D eigenvalue weighted by molar-refractivity contribution is 5.77. The Labute approximate surface area is 84.2 Å². The van der Waals surface area contributed by atoms with Gasteiger partial charge in [0, 0.05) is 20.0 Å². The van der Waals surface area contributed by atoms with E-state index in [1.54, 1.807) is 6.92 Å². The van der Waals surface area contributed by atoms with Crippen LogP contribution in [0, 0.1) is 0 Å². The first-order valence-electron chi connectivity index (χ1n) is 5.04. The molecule has 0 bridgehead atoms. The van der Waals surface area contributed by atoms with Crippen LogP contribution < -0.4 is 0 Å². The number of rotatable bonds is 3. The van der Waals surface area contributed by atoms with Crippen molar-refractivity contribution in [1.82, 2.24) is 4.90 Å². The summed E-state index contributed by atoms with van der Waals surface area (Å²) in [7, 11) is 0. The predicted molar refractivity (Wildman–Crippen MR) is 51.7 cm³/mol. The molecule has 4 nitrogen and oxygen atoms in total. The molecule has 1 saturated heterocycles. The molecule has 1 atom stereocenters. The van der Waals surface area contributed by atoms with Crippen LogP contribution in [-0.4, -0.2) is 36.0 Å². The smallest absolute Gasteiger partial charge is 0.302 e. The molecule has 14 heavy (non-hydrogen) atoms. The summed E-state index contributed by atoms with van der Waals surface area (Å²) in [5.41, 5.74) is 0. The maximum atomic E-state index is 11.6. The molecule has 0 aromatic heterocycles. The molecule has 80 valence electrons. The van der Waals surface area contributed by atoms with Crippen LogP contribution in [0.1, 0.15) is 33.1 Å². The van der Waals surface area contributed by atoms with Crippen molar-refractivity contribution in [2.75, 3.05) is 13.1 Å². The molecule has 1 heterocycles. The van der Waals surface area contributed by atoms with Crippen molar-refractivity contribution in [1.29, 1.82) is 0 Å². The van der Waals surface area contributed by atoms with Gasteiger partial charge in [-0.2, -0.15) is 0 Å². The zero-order chi connectivity index (χ0) is 10.6. The van der Waals surface area contributed by atoms with Gasteiger partial charge in [-0.25, -0.2) is 0 Å². The van der Waals surface area contributed by atoms with Crippen LogP contribution in [0.2, 0.25) is 0 Å². The number of ether oxygens (including phenoxy) is 1. The first-order chi connectivity index (χ1) is 6.59. The van der Waals surface area contributed by atoms with Gasteiger partial charge in [-0.05, 0) is 19.8 Å². The summed E-state index contributed by atoms with van der Waals surface area (Å²) in [4.78, 5) is 24.0. The molecule has 1 rings (SSSR count). The van der Waals surface area contributed by atoms with Gasteiger partial charge in [-0.1, -0.05) is 0 Å². The van der Waals surface area contributed by atoms with Crippen molar-refractivity contribution < 1.29 is 14.3 Å². The summed E-state index contributed by atoms with van der Waals surface area (Å²) in [5.74, 6) is -0.233. The summed E-state index contributed by atoms with van der Waals surface area (Å²) in [6.45, 7) is 4.81. The lowest BCUT2D eigenvalue weighted by Crippen LogP contribution is -2.31. The predicted octanol–water partition coefficient (Wildman–Crippen LogP) is 0.950. The lowest BCUT2D eigenvalue weighted by atomic mass is 10.2. The molecule has 1 fully saturated rings. The van der Waals surface area contributed by atoms with Crippen molar-refractivity contribution in [2.24, 2.45) is 0 Å². The highest BCUT2D eigenvalue weighted by Crippen LogP contribution is 2.10.